The number of halogens is 1. The van der Waals surface area contributed by atoms with Gasteiger partial charge in [0.2, 0.25) is 0 Å². The van der Waals surface area contributed by atoms with Gasteiger partial charge in [-0.3, -0.25) is 4.79 Å². The normalized spacial score (nSPS) is 19.2. The van der Waals surface area contributed by atoms with Gasteiger partial charge in [0.05, 0.1) is 24.3 Å². The Balaban J connectivity index is 1.83. The second-order valence-corrected chi connectivity index (χ2v) is 5.77. The third-order valence-electron chi connectivity index (χ3n) is 3.80. The minimum atomic E-state index is -0.304. The zero-order valence-corrected chi connectivity index (χ0v) is 12.4. The molecule has 0 spiro atoms. The van der Waals surface area contributed by atoms with Crippen LogP contribution in [0, 0.1) is 0 Å². The molecule has 5 nitrogen and oxygen atoms in total. The maximum absolute atomic E-state index is 12.5. The first kappa shape index (κ1) is 14.5. The summed E-state index contributed by atoms with van der Waals surface area (Å²) in [6, 6.07) is 3.32. The van der Waals surface area contributed by atoms with E-state index in [9.17, 15) is 9.90 Å². The van der Waals surface area contributed by atoms with Crippen LogP contribution in [0.4, 0.5) is 0 Å². The van der Waals surface area contributed by atoms with Crippen molar-refractivity contribution in [2.24, 2.45) is 0 Å². The summed E-state index contributed by atoms with van der Waals surface area (Å²) in [6.45, 7) is 2.24. The van der Waals surface area contributed by atoms with Crippen molar-refractivity contribution in [3.05, 3.63) is 22.7 Å². The lowest BCUT2D eigenvalue weighted by Crippen LogP contribution is -2.40. The number of hydrogen-bond acceptors (Lipinski definition) is 4. The Bertz CT molecular complexity index is 541. The molecular weight excluding hydrogens is 294 g/mol. The second-order valence-electron chi connectivity index (χ2n) is 5.36. The van der Waals surface area contributed by atoms with Crippen molar-refractivity contribution >= 4 is 17.5 Å². The zero-order valence-electron chi connectivity index (χ0n) is 11.7. The number of carbonyl (C=O) groups excluding carboxylic acids is 1. The first-order chi connectivity index (χ1) is 10.1. The summed E-state index contributed by atoms with van der Waals surface area (Å²) < 4.78 is 11.2. The monoisotopic (exact) mass is 311 g/mol. The van der Waals surface area contributed by atoms with Crippen molar-refractivity contribution in [2.75, 3.05) is 26.3 Å². The van der Waals surface area contributed by atoms with Gasteiger partial charge in [-0.25, -0.2) is 0 Å². The Morgan fingerprint density at radius 2 is 1.95 bits per heavy atom. The van der Waals surface area contributed by atoms with E-state index < -0.39 is 0 Å². The van der Waals surface area contributed by atoms with Crippen molar-refractivity contribution in [2.45, 2.75) is 25.4 Å². The van der Waals surface area contributed by atoms with Crippen LogP contribution in [-0.4, -0.2) is 48.3 Å². The van der Waals surface area contributed by atoms with Crippen molar-refractivity contribution in [3.8, 4) is 11.5 Å². The van der Waals surface area contributed by atoms with Crippen LogP contribution in [0.1, 0.15) is 29.6 Å². The van der Waals surface area contributed by atoms with Gasteiger partial charge in [-0.05, 0) is 25.0 Å². The Hall–Kier alpha value is -1.46. The Morgan fingerprint density at radius 1 is 1.24 bits per heavy atom. The SMILES string of the molecule is O=C(c1cc(Cl)c2c(c1)OCCCO2)N1CCC(O)CC1. The molecule has 1 aromatic carbocycles. The molecule has 0 aromatic heterocycles. The van der Waals surface area contributed by atoms with Crippen LogP contribution in [0.25, 0.3) is 0 Å². The van der Waals surface area contributed by atoms with Gasteiger partial charge >= 0.3 is 0 Å². The maximum Gasteiger partial charge on any atom is 0.254 e. The summed E-state index contributed by atoms with van der Waals surface area (Å²) in [5, 5.41) is 9.92. The molecule has 0 bridgehead atoms. The molecule has 1 fully saturated rings. The Kier molecular flexibility index (Phi) is 4.22. The number of likely N-dealkylation sites (tertiary alicyclic amines) is 1. The van der Waals surface area contributed by atoms with Crippen LogP contribution >= 0.6 is 11.6 Å². The molecule has 0 unspecified atom stereocenters. The topological polar surface area (TPSA) is 59.0 Å². The molecule has 0 atom stereocenters. The van der Waals surface area contributed by atoms with Crippen LogP contribution in [0.2, 0.25) is 5.02 Å². The van der Waals surface area contributed by atoms with Crippen molar-refractivity contribution < 1.29 is 19.4 Å². The smallest absolute Gasteiger partial charge is 0.254 e. The van der Waals surface area contributed by atoms with E-state index >= 15 is 0 Å². The first-order valence-corrected chi connectivity index (χ1v) is 7.59. The third kappa shape index (κ3) is 3.09. The lowest BCUT2D eigenvalue weighted by molar-refractivity contribution is 0.0546. The largest absolute Gasteiger partial charge is 0.489 e. The number of amides is 1. The highest BCUT2D eigenvalue weighted by molar-refractivity contribution is 6.32. The highest BCUT2D eigenvalue weighted by Gasteiger charge is 2.25. The molecule has 0 saturated carbocycles. The number of nitrogens with zero attached hydrogens (tertiary/aromatic N) is 1. The van der Waals surface area contributed by atoms with Crippen molar-refractivity contribution in [1.29, 1.82) is 0 Å². The number of carbonyl (C=O) groups is 1. The molecule has 1 amide bonds. The van der Waals surface area contributed by atoms with E-state index in [1.807, 2.05) is 0 Å². The van der Waals surface area contributed by atoms with Crippen molar-refractivity contribution in [3.63, 3.8) is 0 Å². The highest BCUT2D eigenvalue weighted by atomic mass is 35.5. The summed E-state index contributed by atoms with van der Waals surface area (Å²) in [6.07, 6.45) is 1.72. The van der Waals surface area contributed by atoms with Gasteiger partial charge in [0.1, 0.15) is 0 Å². The van der Waals surface area contributed by atoms with E-state index in [1.54, 1.807) is 17.0 Å². The van der Waals surface area contributed by atoms with Crippen LogP contribution in [0.3, 0.4) is 0 Å². The lowest BCUT2D eigenvalue weighted by atomic mass is 10.1. The fourth-order valence-electron chi connectivity index (χ4n) is 2.61. The van der Waals surface area contributed by atoms with Crippen LogP contribution in [0.15, 0.2) is 12.1 Å². The highest BCUT2D eigenvalue weighted by Crippen LogP contribution is 2.38. The van der Waals surface area contributed by atoms with E-state index in [2.05, 4.69) is 0 Å². The maximum atomic E-state index is 12.5. The molecule has 114 valence electrons. The van der Waals surface area contributed by atoms with Gasteiger partial charge < -0.3 is 19.5 Å². The molecule has 1 aromatic rings. The number of aliphatic hydroxyl groups is 1. The molecule has 1 saturated heterocycles. The van der Waals surface area contributed by atoms with Gasteiger partial charge in [-0.2, -0.15) is 0 Å². The molecule has 6 heteroatoms. The lowest BCUT2D eigenvalue weighted by Gasteiger charge is -2.29. The molecule has 0 radical (unpaired) electrons. The third-order valence-corrected chi connectivity index (χ3v) is 4.08. The molecule has 2 aliphatic heterocycles. The summed E-state index contributed by atoms with van der Waals surface area (Å²) in [7, 11) is 0. The average Bonchev–Trinajstić information content (AvgIpc) is 2.73. The molecule has 3 rings (SSSR count). The summed E-state index contributed by atoms with van der Waals surface area (Å²) in [4.78, 5) is 14.3. The number of piperidine rings is 1. The molecule has 2 heterocycles. The van der Waals surface area contributed by atoms with Crippen LogP contribution in [-0.2, 0) is 0 Å². The zero-order chi connectivity index (χ0) is 14.8. The first-order valence-electron chi connectivity index (χ1n) is 7.21. The minimum absolute atomic E-state index is 0.0838. The molecule has 2 aliphatic rings. The van der Waals surface area contributed by atoms with E-state index in [-0.39, 0.29) is 12.0 Å². The predicted octanol–water partition coefficient (Wildman–Crippen LogP) is 2.10. The number of fused-ring (bicyclic) bond motifs is 1. The fraction of sp³-hybridized carbons (Fsp3) is 0.533. The van der Waals surface area contributed by atoms with Gasteiger partial charge in [-0.1, -0.05) is 11.6 Å². The quantitative estimate of drug-likeness (QED) is 0.863. The number of benzene rings is 1. The molecule has 1 N–H and O–H groups in total. The van der Waals surface area contributed by atoms with Gasteiger partial charge in [0, 0.05) is 25.1 Å². The van der Waals surface area contributed by atoms with Gasteiger partial charge in [0.15, 0.2) is 11.5 Å². The van der Waals surface area contributed by atoms with Gasteiger partial charge in [-0.15, -0.1) is 0 Å². The molecule has 21 heavy (non-hydrogen) atoms. The van der Waals surface area contributed by atoms with Crippen LogP contribution < -0.4 is 9.47 Å². The number of aliphatic hydroxyl groups excluding tert-OH is 1. The number of rotatable bonds is 1. The minimum Gasteiger partial charge on any atom is -0.489 e. The van der Waals surface area contributed by atoms with E-state index in [0.29, 0.717) is 61.2 Å². The average molecular weight is 312 g/mol. The standard InChI is InChI=1S/C15H18ClNO4/c16-12-8-10(9-13-14(12)21-7-1-6-20-13)15(19)17-4-2-11(18)3-5-17/h8-9,11,18H,1-7H2. The fourth-order valence-corrected chi connectivity index (χ4v) is 2.87. The van der Waals surface area contributed by atoms with E-state index in [1.165, 1.54) is 0 Å². The molecular formula is C15H18ClNO4. The van der Waals surface area contributed by atoms with Crippen LogP contribution in [0.5, 0.6) is 11.5 Å². The van der Waals surface area contributed by atoms with E-state index in [0.717, 1.165) is 6.42 Å². The van der Waals surface area contributed by atoms with E-state index in [4.69, 9.17) is 21.1 Å². The van der Waals surface area contributed by atoms with Crippen molar-refractivity contribution in [1.82, 2.24) is 4.90 Å². The summed E-state index contributed by atoms with van der Waals surface area (Å²) in [5.41, 5.74) is 0.501. The Labute approximate surface area is 128 Å². The van der Waals surface area contributed by atoms with Gasteiger partial charge in [0.25, 0.3) is 5.91 Å². The molecule has 0 aliphatic carbocycles. The Morgan fingerprint density at radius 3 is 2.71 bits per heavy atom. The number of ether oxygens (including phenoxy) is 2. The summed E-state index contributed by atoms with van der Waals surface area (Å²) in [5.74, 6) is 0.958. The number of hydrogen-bond donors (Lipinski definition) is 1. The second kappa shape index (κ2) is 6.12. The summed E-state index contributed by atoms with van der Waals surface area (Å²) >= 11 is 6.21. The predicted molar refractivity (Wildman–Crippen MR) is 78.2 cm³/mol.